The van der Waals surface area contributed by atoms with Crippen LogP contribution in [0.15, 0.2) is 36.5 Å². The van der Waals surface area contributed by atoms with E-state index in [0.717, 1.165) is 19.5 Å². The Morgan fingerprint density at radius 3 is 2.74 bits per heavy atom. The molecule has 0 spiro atoms. The van der Waals surface area contributed by atoms with Gasteiger partial charge in [0.25, 0.3) is 0 Å². The van der Waals surface area contributed by atoms with E-state index >= 15 is 0 Å². The maximum atomic E-state index is 11.4. The minimum atomic E-state index is 0.160. The van der Waals surface area contributed by atoms with Crippen LogP contribution < -0.4 is 0 Å². The van der Waals surface area contributed by atoms with E-state index < -0.39 is 0 Å². The van der Waals surface area contributed by atoms with Gasteiger partial charge in [-0.3, -0.25) is 4.79 Å². The molecule has 1 aromatic carbocycles. The van der Waals surface area contributed by atoms with Crippen molar-refractivity contribution in [2.24, 2.45) is 7.05 Å². The number of nitrogens with zero attached hydrogens (tertiary/aromatic N) is 2. The summed E-state index contributed by atoms with van der Waals surface area (Å²) in [5, 5.41) is 1.30. The SMILES string of the molecule is CC(=O)N1CC=C(c2cn(C)c3ccccc23)CC1. The predicted octanol–water partition coefficient (Wildman–Crippen LogP) is 2.81. The normalized spacial score (nSPS) is 15.7. The van der Waals surface area contributed by atoms with Gasteiger partial charge < -0.3 is 9.47 Å². The smallest absolute Gasteiger partial charge is 0.219 e. The fourth-order valence-electron chi connectivity index (χ4n) is 2.80. The van der Waals surface area contributed by atoms with Crippen LogP contribution in [0.5, 0.6) is 0 Å². The van der Waals surface area contributed by atoms with Gasteiger partial charge >= 0.3 is 0 Å². The molecular weight excluding hydrogens is 236 g/mol. The lowest BCUT2D eigenvalue weighted by Crippen LogP contribution is -2.32. The van der Waals surface area contributed by atoms with Crippen LogP contribution in [-0.2, 0) is 11.8 Å². The van der Waals surface area contributed by atoms with Crippen molar-refractivity contribution < 1.29 is 4.79 Å². The highest BCUT2D eigenvalue weighted by molar-refractivity contribution is 5.93. The number of carbonyl (C=O) groups excluding carboxylic acids is 1. The zero-order valence-electron chi connectivity index (χ0n) is 11.4. The summed E-state index contributed by atoms with van der Waals surface area (Å²) in [6.45, 7) is 3.19. The Morgan fingerprint density at radius 2 is 2.05 bits per heavy atom. The number of amides is 1. The first kappa shape index (κ1) is 12.0. The maximum Gasteiger partial charge on any atom is 0.219 e. The molecule has 0 aliphatic carbocycles. The highest BCUT2D eigenvalue weighted by Crippen LogP contribution is 2.30. The molecule has 0 radical (unpaired) electrons. The number of hydrogen-bond donors (Lipinski definition) is 0. The van der Waals surface area contributed by atoms with Crippen molar-refractivity contribution >= 4 is 22.4 Å². The molecule has 3 rings (SSSR count). The fraction of sp³-hybridized carbons (Fsp3) is 0.312. The molecule has 98 valence electrons. The number of fused-ring (bicyclic) bond motifs is 1. The molecule has 1 aromatic heterocycles. The molecular formula is C16H18N2O. The fourth-order valence-corrected chi connectivity index (χ4v) is 2.80. The van der Waals surface area contributed by atoms with Gasteiger partial charge in [-0.1, -0.05) is 24.3 Å². The Kier molecular flexibility index (Phi) is 2.90. The molecule has 2 aromatic rings. The van der Waals surface area contributed by atoms with E-state index in [-0.39, 0.29) is 5.91 Å². The van der Waals surface area contributed by atoms with Crippen LogP contribution in [0.3, 0.4) is 0 Å². The molecule has 1 aliphatic heterocycles. The maximum absolute atomic E-state index is 11.4. The zero-order chi connectivity index (χ0) is 13.4. The molecule has 0 fully saturated rings. The Balaban J connectivity index is 2.00. The largest absolute Gasteiger partial charge is 0.350 e. The van der Waals surface area contributed by atoms with Crippen LogP contribution in [0.1, 0.15) is 18.9 Å². The number of benzene rings is 1. The highest BCUT2D eigenvalue weighted by atomic mass is 16.2. The van der Waals surface area contributed by atoms with Crippen LogP contribution in [-0.4, -0.2) is 28.5 Å². The molecule has 1 amide bonds. The van der Waals surface area contributed by atoms with Crippen LogP contribution in [0.25, 0.3) is 16.5 Å². The van der Waals surface area contributed by atoms with Crippen LogP contribution in [0.2, 0.25) is 0 Å². The van der Waals surface area contributed by atoms with Crippen molar-refractivity contribution in [3.63, 3.8) is 0 Å². The Labute approximate surface area is 113 Å². The first-order valence-electron chi connectivity index (χ1n) is 6.66. The first-order valence-corrected chi connectivity index (χ1v) is 6.66. The van der Waals surface area contributed by atoms with E-state index in [0.29, 0.717) is 0 Å². The lowest BCUT2D eigenvalue weighted by molar-refractivity contribution is -0.128. The number of hydrogen-bond acceptors (Lipinski definition) is 1. The standard InChI is InChI=1S/C16H18N2O/c1-12(19)18-9-7-13(8-10-18)15-11-17(2)16-6-4-3-5-14(15)16/h3-7,11H,8-10H2,1-2H3. The summed E-state index contributed by atoms with van der Waals surface area (Å²) in [6.07, 6.45) is 5.32. The van der Waals surface area contributed by atoms with Gasteiger partial charge in [-0.2, -0.15) is 0 Å². The third kappa shape index (κ3) is 2.05. The number of rotatable bonds is 1. The third-order valence-electron chi connectivity index (χ3n) is 3.90. The first-order chi connectivity index (χ1) is 9.16. The molecule has 1 aliphatic rings. The van der Waals surface area contributed by atoms with Gasteiger partial charge in [0.15, 0.2) is 0 Å². The quantitative estimate of drug-likeness (QED) is 0.768. The van der Waals surface area contributed by atoms with E-state index in [9.17, 15) is 4.79 Å². The van der Waals surface area contributed by atoms with Crippen molar-refractivity contribution in [1.82, 2.24) is 9.47 Å². The Bertz CT molecular complexity index is 666. The molecule has 19 heavy (non-hydrogen) atoms. The van der Waals surface area contributed by atoms with E-state index in [1.807, 2.05) is 4.90 Å². The Hall–Kier alpha value is -2.03. The number of aryl methyl sites for hydroxylation is 1. The molecule has 0 unspecified atom stereocenters. The monoisotopic (exact) mass is 254 g/mol. The van der Waals surface area contributed by atoms with Crippen LogP contribution in [0.4, 0.5) is 0 Å². The lowest BCUT2D eigenvalue weighted by atomic mass is 9.99. The van der Waals surface area contributed by atoms with Gasteiger partial charge in [-0.25, -0.2) is 0 Å². The van der Waals surface area contributed by atoms with Crippen molar-refractivity contribution in [2.45, 2.75) is 13.3 Å². The second-order valence-corrected chi connectivity index (χ2v) is 5.12. The van der Waals surface area contributed by atoms with Gasteiger partial charge in [0, 0.05) is 49.7 Å². The number of aromatic nitrogens is 1. The van der Waals surface area contributed by atoms with E-state index in [2.05, 4.69) is 48.2 Å². The second kappa shape index (κ2) is 4.57. The second-order valence-electron chi connectivity index (χ2n) is 5.12. The molecule has 0 bridgehead atoms. The molecule has 0 atom stereocenters. The number of carbonyl (C=O) groups is 1. The van der Waals surface area contributed by atoms with E-state index in [4.69, 9.17) is 0 Å². The summed E-state index contributed by atoms with van der Waals surface area (Å²) in [4.78, 5) is 13.2. The molecule has 0 saturated heterocycles. The van der Waals surface area contributed by atoms with Crippen LogP contribution >= 0.6 is 0 Å². The summed E-state index contributed by atoms with van der Waals surface area (Å²) in [5.74, 6) is 0.160. The van der Waals surface area contributed by atoms with Gasteiger partial charge in [-0.15, -0.1) is 0 Å². The van der Waals surface area contributed by atoms with Crippen molar-refractivity contribution in [1.29, 1.82) is 0 Å². The van der Waals surface area contributed by atoms with Crippen molar-refractivity contribution in [2.75, 3.05) is 13.1 Å². The third-order valence-corrected chi connectivity index (χ3v) is 3.90. The summed E-state index contributed by atoms with van der Waals surface area (Å²) < 4.78 is 2.17. The van der Waals surface area contributed by atoms with Crippen LogP contribution in [0, 0.1) is 0 Å². The minimum absolute atomic E-state index is 0.160. The topological polar surface area (TPSA) is 25.2 Å². The average Bonchev–Trinajstić information content (AvgIpc) is 2.77. The van der Waals surface area contributed by atoms with E-state index in [1.165, 1.54) is 22.0 Å². The summed E-state index contributed by atoms with van der Waals surface area (Å²) in [5.41, 5.74) is 3.92. The Morgan fingerprint density at radius 1 is 1.26 bits per heavy atom. The minimum Gasteiger partial charge on any atom is -0.350 e. The summed E-state index contributed by atoms with van der Waals surface area (Å²) in [7, 11) is 2.08. The molecule has 3 heteroatoms. The molecule has 3 nitrogen and oxygen atoms in total. The van der Waals surface area contributed by atoms with Gasteiger partial charge in [0.2, 0.25) is 5.91 Å². The average molecular weight is 254 g/mol. The number of para-hydroxylation sites is 1. The van der Waals surface area contributed by atoms with Crippen molar-refractivity contribution in [3.8, 4) is 0 Å². The molecule has 0 N–H and O–H groups in total. The van der Waals surface area contributed by atoms with E-state index in [1.54, 1.807) is 6.92 Å². The molecule has 0 saturated carbocycles. The van der Waals surface area contributed by atoms with Gasteiger partial charge in [0.1, 0.15) is 0 Å². The zero-order valence-corrected chi connectivity index (χ0v) is 11.4. The predicted molar refractivity (Wildman–Crippen MR) is 77.8 cm³/mol. The van der Waals surface area contributed by atoms with Gasteiger partial charge in [0.05, 0.1) is 0 Å². The van der Waals surface area contributed by atoms with Crippen molar-refractivity contribution in [3.05, 3.63) is 42.1 Å². The lowest BCUT2D eigenvalue weighted by Gasteiger charge is -2.25. The van der Waals surface area contributed by atoms with Gasteiger partial charge in [-0.05, 0) is 18.1 Å². The summed E-state index contributed by atoms with van der Waals surface area (Å²) in [6, 6.07) is 8.46. The molecule has 2 heterocycles. The highest BCUT2D eigenvalue weighted by Gasteiger charge is 2.17. The summed E-state index contributed by atoms with van der Waals surface area (Å²) >= 11 is 0.